The molecule has 0 fully saturated rings. The molecule has 0 atom stereocenters. The number of hydrogen-bond donors (Lipinski definition) is 1. The summed E-state index contributed by atoms with van der Waals surface area (Å²) < 4.78 is 5.07. The average molecular weight is 440 g/mol. The Morgan fingerprint density at radius 2 is 2.09 bits per heavy atom. The second-order valence-electron chi connectivity index (χ2n) is 5.02. The molecule has 0 saturated carbocycles. The Labute approximate surface area is 155 Å². The van der Waals surface area contributed by atoms with Crippen LogP contribution in [0.5, 0.6) is 0 Å². The van der Waals surface area contributed by atoms with Crippen molar-refractivity contribution < 1.29 is 4.74 Å². The van der Waals surface area contributed by atoms with Crippen molar-refractivity contribution in [1.82, 2.24) is 15.1 Å². The summed E-state index contributed by atoms with van der Waals surface area (Å²) in [4.78, 5) is 10.2. The molecule has 1 aromatic heterocycles. The minimum Gasteiger partial charge on any atom is -0.383 e. The van der Waals surface area contributed by atoms with Crippen LogP contribution in [0.15, 0.2) is 22.5 Å². The topological polar surface area (TPSA) is 40.1 Å². The first-order valence-corrected chi connectivity index (χ1v) is 8.17. The molecular formula is C15H29IN4OS. The highest BCUT2D eigenvalue weighted by molar-refractivity contribution is 14.0. The van der Waals surface area contributed by atoms with Crippen LogP contribution in [0.2, 0.25) is 0 Å². The summed E-state index contributed by atoms with van der Waals surface area (Å²) in [6.45, 7) is 4.55. The summed E-state index contributed by atoms with van der Waals surface area (Å²) in [6.07, 6.45) is 1.06. The SMILES string of the molecule is CN=C(NCCN(C)CCOC)N(C)CCc1cccs1.I. The Hall–Kier alpha value is -0.380. The third-order valence-corrected chi connectivity index (χ3v) is 4.24. The van der Waals surface area contributed by atoms with Gasteiger partial charge in [0.05, 0.1) is 6.61 Å². The molecule has 0 spiro atoms. The molecule has 1 heterocycles. The van der Waals surface area contributed by atoms with Crippen molar-refractivity contribution >= 4 is 41.3 Å². The zero-order valence-corrected chi connectivity index (χ0v) is 17.2. The number of ether oxygens (including phenoxy) is 1. The predicted molar refractivity (Wildman–Crippen MR) is 107 cm³/mol. The molecule has 1 rings (SSSR count). The van der Waals surface area contributed by atoms with Crippen molar-refractivity contribution in [3.63, 3.8) is 0 Å². The molecule has 7 heteroatoms. The average Bonchev–Trinajstić information content (AvgIpc) is 3.00. The largest absolute Gasteiger partial charge is 0.383 e. The monoisotopic (exact) mass is 440 g/mol. The maximum Gasteiger partial charge on any atom is 0.193 e. The van der Waals surface area contributed by atoms with Crippen molar-refractivity contribution in [2.45, 2.75) is 6.42 Å². The van der Waals surface area contributed by atoms with Crippen LogP contribution in [0.1, 0.15) is 4.88 Å². The standard InChI is InChI=1S/C15H28N4OS.HI/c1-16-15(17-8-10-18(2)11-12-20-4)19(3)9-7-14-6-5-13-21-14;/h5-6,13H,7-12H2,1-4H3,(H,16,17);1H. The Morgan fingerprint density at radius 3 is 2.68 bits per heavy atom. The van der Waals surface area contributed by atoms with Gasteiger partial charge in [0.15, 0.2) is 5.96 Å². The maximum absolute atomic E-state index is 5.07. The van der Waals surface area contributed by atoms with E-state index >= 15 is 0 Å². The number of rotatable bonds is 9. The van der Waals surface area contributed by atoms with Gasteiger partial charge in [0.2, 0.25) is 0 Å². The highest BCUT2D eigenvalue weighted by atomic mass is 127. The number of thiophene rings is 1. The van der Waals surface area contributed by atoms with Crippen LogP contribution in [0, 0.1) is 0 Å². The molecule has 22 heavy (non-hydrogen) atoms. The molecule has 5 nitrogen and oxygen atoms in total. The Bertz CT molecular complexity index is 400. The van der Waals surface area contributed by atoms with Gasteiger partial charge in [-0.05, 0) is 24.9 Å². The van der Waals surface area contributed by atoms with Crippen LogP contribution in [-0.4, -0.2) is 76.8 Å². The van der Waals surface area contributed by atoms with E-state index in [9.17, 15) is 0 Å². The number of aliphatic imine (C=N–C) groups is 1. The van der Waals surface area contributed by atoms with Gasteiger partial charge in [-0.1, -0.05) is 6.07 Å². The van der Waals surface area contributed by atoms with Gasteiger partial charge in [-0.3, -0.25) is 4.99 Å². The van der Waals surface area contributed by atoms with Crippen molar-refractivity contribution in [2.75, 3.05) is 61.0 Å². The molecule has 0 unspecified atom stereocenters. The number of methoxy groups -OCH3 is 1. The van der Waals surface area contributed by atoms with Crippen LogP contribution in [0.25, 0.3) is 0 Å². The zero-order chi connectivity index (χ0) is 15.5. The smallest absolute Gasteiger partial charge is 0.193 e. The summed E-state index contributed by atoms with van der Waals surface area (Å²) >= 11 is 1.81. The zero-order valence-electron chi connectivity index (χ0n) is 14.0. The number of guanidine groups is 1. The lowest BCUT2D eigenvalue weighted by Crippen LogP contribution is -2.43. The molecule has 0 aliphatic carbocycles. The van der Waals surface area contributed by atoms with E-state index in [0.717, 1.165) is 45.2 Å². The van der Waals surface area contributed by atoms with E-state index in [1.54, 1.807) is 7.11 Å². The van der Waals surface area contributed by atoms with Gasteiger partial charge in [-0.2, -0.15) is 0 Å². The molecule has 0 aliphatic heterocycles. The lowest BCUT2D eigenvalue weighted by Gasteiger charge is -2.23. The number of nitrogens with zero attached hydrogens (tertiary/aromatic N) is 3. The Kier molecular flexibility index (Phi) is 12.9. The van der Waals surface area contributed by atoms with Crippen molar-refractivity contribution in [2.24, 2.45) is 4.99 Å². The lowest BCUT2D eigenvalue weighted by atomic mass is 10.3. The lowest BCUT2D eigenvalue weighted by molar-refractivity contribution is 0.162. The molecule has 1 N–H and O–H groups in total. The van der Waals surface area contributed by atoms with Gasteiger partial charge in [-0.15, -0.1) is 35.3 Å². The van der Waals surface area contributed by atoms with E-state index in [0.29, 0.717) is 0 Å². The number of likely N-dealkylation sites (N-methyl/N-ethyl adjacent to an activating group) is 2. The highest BCUT2D eigenvalue weighted by Gasteiger charge is 2.06. The normalized spacial score (nSPS) is 11.4. The molecule has 0 radical (unpaired) electrons. The van der Waals surface area contributed by atoms with Crippen LogP contribution in [0.3, 0.4) is 0 Å². The van der Waals surface area contributed by atoms with Crippen LogP contribution < -0.4 is 5.32 Å². The quantitative estimate of drug-likeness (QED) is 0.362. The third-order valence-electron chi connectivity index (χ3n) is 3.30. The maximum atomic E-state index is 5.07. The van der Waals surface area contributed by atoms with E-state index in [4.69, 9.17) is 4.74 Å². The fraction of sp³-hybridized carbons (Fsp3) is 0.667. The Morgan fingerprint density at radius 1 is 1.32 bits per heavy atom. The molecule has 128 valence electrons. The summed E-state index contributed by atoms with van der Waals surface area (Å²) in [7, 11) is 7.75. The first-order valence-electron chi connectivity index (χ1n) is 7.29. The van der Waals surface area contributed by atoms with Gasteiger partial charge in [0.1, 0.15) is 0 Å². The number of halogens is 1. The highest BCUT2D eigenvalue weighted by Crippen LogP contribution is 2.09. The van der Waals surface area contributed by atoms with Gasteiger partial charge < -0.3 is 19.9 Å². The first kappa shape index (κ1) is 21.6. The summed E-state index contributed by atoms with van der Waals surface area (Å²) in [5, 5.41) is 5.53. The molecule has 1 aromatic rings. The van der Waals surface area contributed by atoms with Crippen molar-refractivity contribution in [3.8, 4) is 0 Å². The summed E-state index contributed by atoms with van der Waals surface area (Å²) in [5.74, 6) is 0.951. The van der Waals surface area contributed by atoms with E-state index in [-0.39, 0.29) is 24.0 Å². The minimum atomic E-state index is 0. The van der Waals surface area contributed by atoms with Gasteiger partial charge in [0, 0.05) is 52.3 Å². The molecule has 0 aromatic carbocycles. The van der Waals surface area contributed by atoms with Crippen LogP contribution in [0.4, 0.5) is 0 Å². The second kappa shape index (κ2) is 13.1. The van der Waals surface area contributed by atoms with E-state index in [2.05, 4.69) is 51.7 Å². The summed E-state index contributed by atoms with van der Waals surface area (Å²) in [5.41, 5.74) is 0. The molecule has 0 aliphatic rings. The third kappa shape index (κ3) is 8.92. The van der Waals surface area contributed by atoms with Crippen LogP contribution >= 0.6 is 35.3 Å². The van der Waals surface area contributed by atoms with E-state index in [1.807, 2.05) is 18.4 Å². The Balaban J connectivity index is 0.00000441. The number of hydrogen-bond acceptors (Lipinski definition) is 4. The van der Waals surface area contributed by atoms with Crippen molar-refractivity contribution in [1.29, 1.82) is 0 Å². The molecule has 0 amide bonds. The van der Waals surface area contributed by atoms with Crippen molar-refractivity contribution in [3.05, 3.63) is 22.4 Å². The van der Waals surface area contributed by atoms with Gasteiger partial charge in [-0.25, -0.2) is 0 Å². The first-order chi connectivity index (χ1) is 10.2. The predicted octanol–water partition coefficient (Wildman–Crippen LogP) is 1.99. The van der Waals surface area contributed by atoms with E-state index in [1.165, 1.54) is 4.88 Å². The molecular weight excluding hydrogens is 411 g/mol. The number of nitrogens with one attached hydrogen (secondary N) is 1. The van der Waals surface area contributed by atoms with E-state index < -0.39 is 0 Å². The molecule has 0 saturated heterocycles. The summed E-state index contributed by atoms with van der Waals surface area (Å²) in [6, 6.07) is 4.28. The fourth-order valence-corrected chi connectivity index (χ4v) is 2.64. The van der Waals surface area contributed by atoms with Gasteiger partial charge in [0.25, 0.3) is 0 Å². The van der Waals surface area contributed by atoms with Gasteiger partial charge >= 0.3 is 0 Å². The minimum absolute atomic E-state index is 0. The second-order valence-corrected chi connectivity index (χ2v) is 6.05. The molecule has 0 bridgehead atoms. The van der Waals surface area contributed by atoms with Crippen LogP contribution in [-0.2, 0) is 11.2 Å². The fourth-order valence-electron chi connectivity index (χ4n) is 1.94.